The summed E-state index contributed by atoms with van der Waals surface area (Å²) in [6.07, 6.45) is -8.58. The number of nitrogens with one attached hydrogen (secondary N) is 1. The summed E-state index contributed by atoms with van der Waals surface area (Å²) >= 11 is 1.30. The lowest BCUT2D eigenvalue weighted by Crippen LogP contribution is -2.70. The smallest absolute Gasteiger partial charge is 0.406 e. The second kappa shape index (κ2) is 10.5. The van der Waals surface area contributed by atoms with Crippen molar-refractivity contribution >= 4 is 27.5 Å². The van der Waals surface area contributed by atoms with Crippen LogP contribution in [-0.2, 0) is 11.2 Å². The molecule has 0 bridgehead atoms. The highest BCUT2D eigenvalue weighted by Gasteiger charge is 2.49. The molecule has 0 spiro atoms. The summed E-state index contributed by atoms with van der Waals surface area (Å²) in [6, 6.07) is 1.77. The first-order chi connectivity index (χ1) is 15.6. The summed E-state index contributed by atoms with van der Waals surface area (Å²) in [5.41, 5.74) is 0.358. The maximum Gasteiger partial charge on any atom is 0.573 e. The summed E-state index contributed by atoms with van der Waals surface area (Å²) in [5.74, 6) is -0.899. The van der Waals surface area contributed by atoms with Gasteiger partial charge < -0.3 is 30.5 Å². The van der Waals surface area contributed by atoms with E-state index >= 15 is 0 Å². The first-order valence-electron chi connectivity index (χ1n) is 10.4. The third-order valence-corrected chi connectivity index (χ3v) is 6.55. The van der Waals surface area contributed by atoms with Gasteiger partial charge in [-0.25, -0.2) is 4.98 Å². The molecule has 2 aromatic rings. The molecule has 13 heteroatoms. The highest BCUT2D eigenvalue weighted by Crippen LogP contribution is 2.30. The molecule has 2 heterocycles. The minimum atomic E-state index is -4.80. The molecule has 1 aliphatic heterocycles. The van der Waals surface area contributed by atoms with Crippen LogP contribution in [0.4, 0.5) is 13.2 Å². The molecule has 1 fully saturated rings. The first kappa shape index (κ1) is 25.6. The van der Waals surface area contributed by atoms with Gasteiger partial charge in [-0.3, -0.25) is 9.69 Å². The number of carbonyl (C=O) groups excluding carboxylic acids is 1. The number of alkyl halides is 3. The van der Waals surface area contributed by atoms with Gasteiger partial charge in [0, 0.05) is 19.0 Å². The average molecular weight is 494 g/mol. The molecule has 1 saturated heterocycles. The van der Waals surface area contributed by atoms with Crippen LogP contribution in [0, 0.1) is 0 Å². The summed E-state index contributed by atoms with van der Waals surface area (Å²) in [5, 5.41) is 43.8. The van der Waals surface area contributed by atoms with Crippen molar-refractivity contribution in [1.29, 1.82) is 0 Å². The number of benzene rings is 1. The number of hydrogen-bond donors (Lipinski definition) is 5. The van der Waals surface area contributed by atoms with E-state index in [9.17, 15) is 38.4 Å². The average Bonchev–Trinajstić information content (AvgIpc) is 3.13. The predicted octanol–water partition coefficient (Wildman–Crippen LogP) is 0.391. The summed E-state index contributed by atoms with van der Waals surface area (Å²) < 4.78 is 41.9. The first-order valence-corrected chi connectivity index (χ1v) is 11.2. The van der Waals surface area contributed by atoms with Crippen molar-refractivity contribution in [3.63, 3.8) is 0 Å². The third-order valence-electron chi connectivity index (χ3n) is 5.45. The number of thiazole rings is 1. The highest BCUT2D eigenvalue weighted by atomic mass is 32.1. The zero-order chi connectivity index (χ0) is 24.3. The predicted molar refractivity (Wildman–Crippen MR) is 113 cm³/mol. The molecule has 33 heavy (non-hydrogen) atoms. The Morgan fingerprint density at radius 1 is 1.24 bits per heavy atom. The fourth-order valence-electron chi connectivity index (χ4n) is 3.99. The minimum absolute atomic E-state index is 0.187. The van der Waals surface area contributed by atoms with E-state index in [1.54, 1.807) is 6.92 Å². The van der Waals surface area contributed by atoms with Crippen LogP contribution in [0.2, 0.25) is 0 Å². The highest BCUT2D eigenvalue weighted by molar-refractivity contribution is 7.18. The lowest BCUT2D eigenvalue weighted by atomic mass is 9.87. The largest absolute Gasteiger partial charge is 0.573 e. The van der Waals surface area contributed by atoms with Crippen LogP contribution >= 0.6 is 11.3 Å². The number of rotatable bonds is 8. The molecule has 1 amide bonds. The molecule has 3 rings (SSSR count). The molecular weight excluding hydrogens is 467 g/mol. The SMILES string of the molecule is CCNC(=O)[C@@H]1[C@@H](O)[C@@H](O)[C@H](O)[C@@H](CO)N1CCCc1nc2cc(OC(F)(F)F)ccc2s1. The number of halogens is 3. The summed E-state index contributed by atoms with van der Waals surface area (Å²) in [4.78, 5) is 18.3. The van der Waals surface area contributed by atoms with Crippen LogP contribution < -0.4 is 10.1 Å². The Morgan fingerprint density at radius 3 is 2.61 bits per heavy atom. The Labute approximate surface area is 191 Å². The number of aliphatic hydroxyl groups excluding tert-OH is 4. The molecule has 5 N–H and O–H groups in total. The van der Waals surface area contributed by atoms with Gasteiger partial charge in [0.05, 0.1) is 27.9 Å². The van der Waals surface area contributed by atoms with Crippen molar-refractivity contribution in [2.24, 2.45) is 0 Å². The fraction of sp³-hybridized carbons (Fsp3) is 0.600. The lowest BCUT2D eigenvalue weighted by molar-refractivity contribution is -0.274. The number of fused-ring (bicyclic) bond motifs is 1. The lowest BCUT2D eigenvalue weighted by Gasteiger charge is -2.47. The Balaban J connectivity index is 1.72. The molecular formula is C20H26F3N3O6S. The molecule has 0 aliphatic carbocycles. The van der Waals surface area contributed by atoms with Crippen LogP contribution in [0.3, 0.4) is 0 Å². The maximum absolute atomic E-state index is 12.5. The van der Waals surface area contributed by atoms with Crippen molar-refractivity contribution in [3.05, 3.63) is 23.2 Å². The number of hydrogen-bond acceptors (Lipinski definition) is 9. The number of nitrogens with zero attached hydrogens (tertiary/aromatic N) is 2. The van der Waals surface area contributed by atoms with Gasteiger partial charge in [-0.2, -0.15) is 0 Å². The second-order valence-corrected chi connectivity index (χ2v) is 8.80. The molecule has 1 aromatic carbocycles. The Hall–Kier alpha value is -2.03. The van der Waals surface area contributed by atoms with Crippen LogP contribution in [0.5, 0.6) is 5.75 Å². The van der Waals surface area contributed by atoms with E-state index in [-0.39, 0.29) is 12.3 Å². The molecule has 9 nitrogen and oxygen atoms in total. The van der Waals surface area contributed by atoms with E-state index in [4.69, 9.17) is 0 Å². The van der Waals surface area contributed by atoms with Crippen molar-refractivity contribution in [2.75, 3.05) is 19.7 Å². The quantitative estimate of drug-likeness (QED) is 0.357. The van der Waals surface area contributed by atoms with Crippen molar-refractivity contribution < 1.29 is 43.1 Å². The van der Waals surface area contributed by atoms with Gasteiger partial charge in [0.15, 0.2) is 0 Å². The number of aromatic nitrogens is 1. The number of likely N-dealkylation sites (N-methyl/N-ethyl adjacent to an activating group) is 1. The van der Waals surface area contributed by atoms with Crippen LogP contribution in [0.1, 0.15) is 18.4 Å². The molecule has 1 aromatic heterocycles. The van der Waals surface area contributed by atoms with E-state index < -0.39 is 49.3 Å². The molecule has 5 atom stereocenters. The van der Waals surface area contributed by atoms with Crippen molar-refractivity contribution in [1.82, 2.24) is 15.2 Å². The van der Waals surface area contributed by atoms with Gasteiger partial charge in [-0.05, 0) is 32.0 Å². The standard InChI is InChI=1S/C20H26F3N3O6S/c1-2-24-19(31)15-17(29)18(30)16(28)12(9-27)26(15)7-3-4-14-25-11-8-10(32-20(21,22)23)5-6-13(11)33-14/h5-6,8,12,15-18,27-30H,2-4,7,9H2,1H3,(H,24,31)/t12-,15+,16-,17-,18+/m1/s1. The van der Waals surface area contributed by atoms with Crippen LogP contribution in [0.25, 0.3) is 10.2 Å². The van der Waals surface area contributed by atoms with E-state index in [2.05, 4.69) is 15.0 Å². The zero-order valence-corrected chi connectivity index (χ0v) is 18.5. The monoisotopic (exact) mass is 493 g/mol. The topological polar surface area (TPSA) is 135 Å². The molecule has 1 aliphatic rings. The second-order valence-electron chi connectivity index (χ2n) is 7.69. The number of piperidine rings is 1. The van der Waals surface area contributed by atoms with E-state index in [0.29, 0.717) is 34.6 Å². The molecule has 0 saturated carbocycles. The Morgan fingerprint density at radius 2 is 1.97 bits per heavy atom. The molecule has 0 radical (unpaired) electrons. The number of likely N-dealkylation sites (tertiary alicyclic amines) is 1. The summed E-state index contributed by atoms with van der Waals surface area (Å²) in [7, 11) is 0. The van der Waals surface area contributed by atoms with Gasteiger partial charge in [0.1, 0.15) is 30.1 Å². The molecule has 184 valence electrons. The van der Waals surface area contributed by atoms with Crippen LogP contribution in [0.15, 0.2) is 18.2 Å². The van der Waals surface area contributed by atoms with E-state index in [1.807, 2.05) is 0 Å². The maximum atomic E-state index is 12.5. The van der Waals surface area contributed by atoms with Gasteiger partial charge in [0.25, 0.3) is 0 Å². The fourth-order valence-corrected chi connectivity index (χ4v) is 4.98. The molecule has 0 unspecified atom stereocenters. The number of amides is 1. The zero-order valence-electron chi connectivity index (χ0n) is 17.7. The van der Waals surface area contributed by atoms with Gasteiger partial charge in [-0.15, -0.1) is 24.5 Å². The Bertz CT molecular complexity index is 959. The number of aryl methyl sites for hydroxylation is 1. The number of ether oxygens (including phenoxy) is 1. The number of carbonyl (C=O) groups is 1. The van der Waals surface area contributed by atoms with Gasteiger partial charge in [0.2, 0.25) is 5.91 Å². The third kappa shape index (κ3) is 5.91. The van der Waals surface area contributed by atoms with Gasteiger partial charge >= 0.3 is 6.36 Å². The van der Waals surface area contributed by atoms with Crippen molar-refractivity contribution in [3.8, 4) is 5.75 Å². The van der Waals surface area contributed by atoms with Crippen molar-refractivity contribution in [2.45, 2.75) is 56.5 Å². The van der Waals surface area contributed by atoms with Crippen LogP contribution in [-0.4, -0.2) is 92.7 Å². The summed E-state index contributed by atoms with van der Waals surface area (Å²) in [6.45, 7) is 1.64. The van der Waals surface area contributed by atoms with E-state index in [0.717, 1.165) is 0 Å². The van der Waals surface area contributed by atoms with Gasteiger partial charge in [-0.1, -0.05) is 0 Å². The normalized spacial score (nSPS) is 26.5. The van der Waals surface area contributed by atoms with E-state index in [1.165, 1.54) is 34.4 Å². The minimum Gasteiger partial charge on any atom is -0.406 e. The number of aliphatic hydroxyl groups is 4. The Kier molecular flexibility index (Phi) is 8.13.